The Balaban J connectivity index is 3.03. The van der Waals surface area contributed by atoms with Gasteiger partial charge in [-0.05, 0) is 12.1 Å². The maximum atomic E-state index is 11.2. The first-order chi connectivity index (χ1) is 6.16. The fourth-order valence-electron chi connectivity index (χ4n) is 1.16. The van der Waals surface area contributed by atoms with Crippen molar-refractivity contribution in [2.45, 2.75) is 0 Å². The molecular weight excluding hydrogens is 172 g/mol. The number of phenols is 1. The Hall–Kier alpha value is -2.04. The van der Waals surface area contributed by atoms with Crippen LogP contribution in [0.4, 0.5) is 0 Å². The average molecular weight is 178 g/mol. The molecule has 5 heteroatoms. The van der Waals surface area contributed by atoms with Crippen LogP contribution in [0.1, 0.15) is 0 Å². The molecule has 1 aromatic carbocycles. The molecule has 0 aliphatic heterocycles. The van der Waals surface area contributed by atoms with Gasteiger partial charge in [0.15, 0.2) is 0 Å². The summed E-state index contributed by atoms with van der Waals surface area (Å²) in [6.07, 6.45) is 0. The van der Waals surface area contributed by atoms with Gasteiger partial charge in [0.05, 0.1) is 10.9 Å². The molecule has 0 unspecified atom stereocenters. The molecule has 0 saturated carbocycles. The molecule has 13 heavy (non-hydrogen) atoms. The minimum absolute atomic E-state index is 0.00810. The first kappa shape index (κ1) is 7.60. The quantitative estimate of drug-likeness (QED) is 0.527. The summed E-state index contributed by atoms with van der Waals surface area (Å²) in [5, 5.41) is 9.42. The molecular formula is C8H6N2O3. The van der Waals surface area contributed by atoms with Crippen LogP contribution in [0.25, 0.3) is 10.9 Å². The minimum atomic E-state index is -0.580. The molecule has 0 fully saturated rings. The minimum Gasteiger partial charge on any atom is -0.508 e. The molecule has 0 bridgehead atoms. The summed E-state index contributed by atoms with van der Waals surface area (Å²) < 4.78 is 0. The third-order valence-corrected chi connectivity index (χ3v) is 1.72. The van der Waals surface area contributed by atoms with Gasteiger partial charge in [-0.3, -0.25) is 9.78 Å². The van der Waals surface area contributed by atoms with Crippen LogP contribution in [0.5, 0.6) is 5.75 Å². The molecule has 0 aliphatic rings. The number of aromatic nitrogens is 2. The number of nitrogens with one attached hydrogen (secondary N) is 2. The van der Waals surface area contributed by atoms with E-state index in [0.717, 1.165) is 0 Å². The highest BCUT2D eigenvalue weighted by atomic mass is 16.3. The van der Waals surface area contributed by atoms with Gasteiger partial charge in [0, 0.05) is 6.07 Å². The van der Waals surface area contributed by atoms with Crippen LogP contribution < -0.4 is 11.2 Å². The zero-order valence-electron chi connectivity index (χ0n) is 6.50. The third kappa shape index (κ3) is 1.20. The summed E-state index contributed by atoms with van der Waals surface area (Å²) >= 11 is 0. The predicted octanol–water partition coefficient (Wildman–Crippen LogP) is -0.0780. The van der Waals surface area contributed by atoms with Gasteiger partial charge in [0.25, 0.3) is 5.56 Å². The van der Waals surface area contributed by atoms with Gasteiger partial charge < -0.3 is 10.1 Å². The zero-order chi connectivity index (χ0) is 9.42. The van der Waals surface area contributed by atoms with Gasteiger partial charge in [0.2, 0.25) is 0 Å². The molecule has 2 rings (SSSR count). The van der Waals surface area contributed by atoms with Crippen molar-refractivity contribution in [3.63, 3.8) is 0 Å². The van der Waals surface area contributed by atoms with E-state index in [1.54, 1.807) is 0 Å². The number of hydrogen-bond acceptors (Lipinski definition) is 3. The van der Waals surface area contributed by atoms with E-state index in [2.05, 4.69) is 9.97 Å². The number of fused-ring (bicyclic) bond motifs is 1. The monoisotopic (exact) mass is 178 g/mol. The lowest BCUT2D eigenvalue weighted by Gasteiger charge is -1.95. The fourth-order valence-corrected chi connectivity index (χ4v) is 1.16. The second kappa shape index (κ2) is 2.48. The van der Waals surface area contributed by atoms with Crippen LogP contribution in [-0.4, -0.2) is 15.1 Å². The number of hydrogen-bond donors (Lipinski definition) is 3. The van der Waals surface area contributed by atoms with Gasteiger partial charge in [-0.1, -0.05) is 0 Å². The fraction of sp³-hybridized carbons (Fsp3) is 0. The zero-order valence-corrected chi connectivity index (χ0v) is 6.50. The number of H-pyrrole nitrogens is 2. The van der Waals surface area contributed by atoms with Crippen LogP contribution in [0.2, 0.25) is 0 Å². The highest BCUT2D eigenvalue weighted by molar-refractivity contribution is 5.78. The highest BCUT2D eigenvalue weighted by Gasteiger charge is 1.99. The molecule has 1 heterocycles. The first-order valence-electron chi connectivity index (χ1n) is 3.62. The van der Waals surface area contributed by atoms with Crippen LogP contribution in [0.15, 0.2) is 27.8 Å². The first-order valence-corrected chi connectivity index (χ1v) is 3.62. The van der Waals surface area contributed by atoms with E-state index in [0.29, 0.717) is 10.9 Å². The maximum absolute atomic E-state index is 11.2. The molecule has 0 aliphatic carbocycles. The maximum Gasteiger partial charge on any atom is 0.326 e. The summed E-state index contributed by atoms with van der Waals surface area (Å²) in [4.78, 5) is 26.5. The Kier molecular flexibility index (Phi) is 1.45. The normalized spacial score (nSPS) is 10.5. The predicted molar refractivity (Wildman–Crippen MR) is 46.9 cm³/mol. The van der Waals surface area contributed by atoms with E-state index in [9.17, 15) is 9.59 Å². The van der Waals surface area contributed by atoms with E-state index in [1.165, 1.54) is 18.2 Å². The van der Waals surface area contributed by atoms with Gasteiger partial charge in [-0.25, -0.2) is 4.79 Å². The average Bonchev–Trinajstić information content (AvgIpc) is 2.02. The Labute approximate surface area is 71.7 Å². The standard InChI is InChI=1S/C8H6N2O3/c11-4-1-2-5-6(3-4)9-8(13)10-7(5)12/h1-3,11H,(H2,9,10,12,13). The second-order valence-corrected chi connectivity index (χ2v) is 2.64. The molecule has 66 valence electrons. The molecule has 2 aromatic rings. The van der Waals surface area contributed by atoms with Crippen LogP contribution in [0, 0.1) is 0 Å². The molecule has 0 saturated heterocycles. The molecule has 3 N–H and O–H groups in total. The van der Waals surface area contributed by atoms with E-state index in [-0.39, 0.29) is 5.75 Å². The van der Waals surface area contributed by atoms with E-state index < -0.39 is 11.2 Å². The lowest BCUT2D eigenvalue weighted by atomic mass is 10.2. The molecule has 1 aromatic heterocycles. The summed E-state index contributed by atoms with van der Waals surface area (Å²) in [6.45, 7) is 0. The molecule has 0 spiro atoms. The van der Waals surface area contributed by atoms with Crippen molar-refractivity contribution in [1.82, 2.24) is 9.97 Å². The largest absolute Gasteiger partial charge is 0.508 e. The van der Waals surface area contributed by atoms with Crippen molar-refractivity contribution in [1.29, 1.82) is 0 Å². The van der Waals surface area contributed by atoms with Crippen molar-refractivity contribution in [3.05, 3.63) is 39.0 Å². The number of benzene rings is 1. The molecule has 5 nitrogen and oxygen atoms in total. The van der Waals surface area contributed by atoms with Crippen molar-refractivity contribution in [3.8, 4) is 5.75 Å². The summed E-state index contributed by atoms with van der Waals surface area (Å²) in [5.74, 6) is 0.00810. The summed E-state index contributed by atoms with van der Waals surface area (Å²) in [6, 6.07) is 4.15. The lowest BCUT2D eigenvalue weighted by molar-refractivity contribution is 0.476. The van der Waals surface area contributed by atoms with Gasteiger partial charge in [-0.15, -0.1) is 0 Å². The van der Waals surface area contributed by atoms with Gasteiger partial charge in [-0.2, -0.15) is 0 Å². The Morgan fingerprint density at radius 3 is 2.69 bits per heavy atom. The Bertz CT molecular complexity index is 567. The number of aromatic amines is 2. The van der Waals surface area contributed by atoms with Crippen LogP contribution in [0.3, 0.4) is 0 Å². The highest BCUT2D eigenvalue weighted by Crippen LogP contribution is 2.12. The van der Waals surface area contributed by atoms with Crippen molar-refractivity contribution < 1.29 is 5.11 Å². The summed E-state index contributed by atoms with van der Waals surface area (Å²) in [7, 11) is 0. The van der Waals surface area contributed by atoms with Crippen molar-refractivity contribution in [2.75, 3.05) is 0 Å². The van der Waals surface area contributed by atoms with Crippen molar-refractivity contribution in [2.24, 2.45) is 0 Å². The Morgan fingerprint density at radius 2 is 1.92 bits per heavy atom. The van der Waals surface area contributed by atoms with E-state index >= 15 is 0 Å². The third-order valence-electron chi connectivity index (χ3n) is 1.72. The topological polar surface area (TPSA) is 85.9 Å². The number of rotatable bonds is 0. The van der Waals surface area contributed by atoms with Crippen LogP contribution in [-0.2, 0) is 0 Å². The molecule has 0 atom stereocenters. The van der Waals surface area contributed by atoms with E-state index in [4.69, 9.17) is 5.11 Å². The second-order valence-electron chi connectivity index (χ2n) is 2.64. The Morgan fingerprint density at radius 1 is 1.15 bits per heavy atom. The summed E-state index contributed by atoms with van der Waals surface area (Å²) in [5.41, 5.74) is -0.712. The van der Waals surface area contributed by atoms with E-state index in [1.807, 2.05) is 0 Å². The number of aromatic hydroxyl groups is 1. The van der Waals surface area contributed by atoms with Gasteiger partial charge in [0.1, 0.15) is 5.75 Å². The molecule has 0 amide bonds. The van der Waals surface area contributed by atoms with Crippen molar-refractivity contribution >= 4 is 10.9 Å². The molecule has 0 radical (unpaired) electrons. The smallest absolute Gasteiger partial charge is 0.326 e. The SMILES string of the molecule is O=c1[nH]c(=O)c2ccc(O)cc2[nH]1. The lowest BCUT2D eigenvalue weighted by Crippen LogP contribution is -2.21. The van der Waals surface area contributed by atoms with Gasteiger partial charge >= 0.3 is 5.69 Å². The van der Waals surface area contributed by atoms with Crippen LogP contribution >= 0.6 is 0 Å². The number of phenolic OH excluding ortho intramolecular Hbond substituents is 1.